The summed E-state index contributed by atoms with van der Waals surface area (Å²) >= 11 is 0. The molecule has 2 aromatic heterocycles. The number of alkyl halides is 3. The summed E-state index contributed by atoms with van der Waals surface area (Å²) in [6.07, 6.45) is -1.86. The molecule has 5 nitrogen and oxygen atoms in total. The Morgan fingerprint density at radius 2 is 2.00 bits per heavy atom. The summed E-state index contributed by atoms with van der Waals surface area (Å²) in [5, 5.41) is 0. The summed E-state index contributed by atoms with van der Waals surface area (Å²) in [5.41, 5.74) is 5.23. The van der Waals surface area contributed by atoms with Crippen LogP contribution in [-0.2, 0) is 6.18 Å². The van der Waals surface area contributed by atoms with Crippen LogP contribution in [0, 0.1) is 6.92 Å². The first-order chi connectivity index (χ1) is 9.30. The maximum atomic E-state index is 12.7. The SMILES string of the molecule is Cc1nc(C(F)(F)F)nc(C(N)=O)c1-c1cccnc1. The van der Waals surface area contributed by atoms with Crippen LogP contribution in [0.15, 0.2) is 24.5 Å². The van der Waals surface area contributed by atoms with Crippen LogP contribution in [0.5, 0.6) is 0 Å². The number of rotatable bonds is 2. The van der Waals surface area contributed by atoms with Crippen LogP contribution in [-0.4, -0.2) is 20.9 Å². The number of hydrogen-bond donors (Lipinski definition) is 1. The zero-order valence-electron chi connectivity index (χ0n) is 10.3. The minimum atomic E-state index is -4.75. The summed E-state index contributed by atoms with van der Waals surface area (Å²) in [4.78, 5) is 21.8. The predicted molar refractivity (Wildman–Crippen MR) is 63.5 cm³/mol. The average Bonchev–Trinajstić information content (AvgIpc) is 2.37. The quantitative estimate of drug-likeness (QED) is 0.912. The van der Waals surface area contributed by atoms with Gasteiger partial charge in [0.05, 0.1) is 5.69 Å². The minimum absolute atomic E-state index is 0.00845. The molecule has 2 N–H and O–H groups in total. The number of nitrogens with two attached hydrogens (primary N) is 1. The molecule has 0 fully saturated rings. The van der Waals surface area contributed by atoms with Crippen LogP contribution < -0.4 is 5.73 Å². The van der Waals surface area contributed by atoms with Gasteiger partial charge in [-0.3, -0.25) is 9.78 Å². The number of aryl methyl sites for hydroxylation is 1. The van der Waals surface area contributed by atoms with E-state index in [-0.39, 0.29) is 11.3 Å². The lowest BCUT2D eigenvalue weighted by molar-refractivity contribution is -0.145. The highest BCUT2D eigenvalue weighted by atomic mass is 19.4. The molecule has 2 aromatic rings. The number of pyridine rings is 1. The van der Waals surface area contributed by atoms with Gasteiger partial charge in [-0.2, -0.15) is 13.2 Å². The van der Waals surface area contributed by atoms with Gasteiger partial charge in [-0.1, -0.05) is 6.07 Å². The Labute approximate surface area is 111 Å². The van der Waals surface area contributed by atoms with Crippen molar-refractivity contribution in [3.8, 4) is 11.1 Å². The van der Waals surface area contributed by atoms with Crippen molar-refractivity contribution in [3.63, 3.8) is 0 Å². The first kappa shape index (κ1) is 13.9. The maximum absolute atomic E-state index is 12.7. The molecule has 0 spiro atoms. The molecule has 0 atom stereocenters. The Kier molecular flexibility index (Phi) is 3.39. The Bertz CT molecular complexity index is 656. The van der Waals surface area contributed by atoms with Crippen LogP contribution in [0.2, 0.25) is 0 Å². The monoisotopic (exact) mass is 282 g/mol. The van der Waals surface area contributed by atoms with E-state index in [1.54, 1.807) is 12.1 Å². The minimum Gasteiger partial charge on any atom is -0.364 e. The molecule has 0 bridgehead atoms. The second-order valence-electron chi connectivity index (χ2n) is 3.96. The number of hydrogen-bond acceptors (Lipinski definition) is 4. The summed E-state index contributed by atoms with van der Waals surface area (Å²) < 4.78 is 38.0. The van der Waals surface area contributed by atoms with Gasteiger partial charge in [0.25, 0.3) is 5.91 Å². The maximum Gasteiger partial charge on any atom is 0.451 e. The van der Waals surface area contributed by atoms with Gasteiger partial charge in [0.15, 0.2) is 0 Å². The molecule has 0 saturated carbocycles. The van der Waals surface area contributed by atoms with E-state index < -0.39 is 23.6 Å². The zero-order chi connectivity index (χ0) is 14.9. The van der Waals surface area contributed by atoms with Crippen molar-refractivity contribution in [2.24, 2.45) is 5.73 Å². The standard InChI is InChI=1S/C12H9F3N4O/c1-6-8(7-3-2-4-17-5-7)9(10(16)20)19-11(18-6)12(13,14)15/h2-5H,1H3,(H2,16,20). The lowest BCUT2D eigenvalue weighted by atomic mass is 10.0. The summed E-state index contributed by atoms with van der Waals surface area (Å²) in [5.74, 6) is -2.45. The number of nitrogens with zero attached hydrogens (tertiary/aromatic N) is 3. The molecule has 0 aromatic carbocycles. The van der Waals surface area contributed by atoms with E-state index in [2.05, 4.69) is 15.0 Å². The van der Waals surface area contributed by atoms with Gasteiger partial charge < -0.3 is 5.73 Å². The van der Waals surface area contributed by atoms with E-state index in [4.69, 9.17) is 5.73 Å². The predicted octanol–water partition coefficient (Wildman–Crippen LogP) is 1.96. The normalized spacial score (nSPS) is 11.4. The Morgan fingerprint density at radius 3 is 2.50 bits per heavy atom. The van der Waals surface area contributed by atoms with E-state index in [1.165, 1.54) is 19.3 Å². The molecular weight excluding hydrogens is 273 g/mol. The first-order valence-corrected chi connectivity index (χ1v) is 5.46. The smallest absolute Gasteiger partial charge is 0.364 e. The van der Waals surface area contributed by atoms with Crippen molar-refractivity contribution in [1.29, 1.82) is 0 Å². The average molecular weight is 282 g/mol. The van der Waals surface area contributed by atoms with Crippen molar-refractivity contribution in [3.05, 3.63) is 41.7 Å². The van der Waals surface area contributed by atoms with Crippen LogP contribution in [0.25, 0.3) is 11.1 Å². The molecular formula is C12H9F3N4O. The Morgan fingerprint density at radius 1 is 1.30 bits per heavy atom. The molecule has 0 aliphatic carbocycles. The number of aromatic nitrogens is 3. The van der Waals surface area contributed by atoms with E-state index in [0.717, 1.165) is 0 Å². The molecule has 2 heterocycles. The fourth-order valence-electron chi connectivity index (χ4n) is 1.73. The molecule has 0 radical (unpaired) electrons. The molecule has 1 amide bonds. The van der Waals surface area contributed by atoms with E-state index >= 15 is 0 Å². The zero-order valence-corrected chi connectivity index (χ0v) is 10.3. The van der Waals surface area contributed by atoms with Gasteiger partial charge in [0, 0.05) is 23.5 Å². The molecule has 0 saturated heterocycles. The van der Waals surface area contributed by atoms with Gasteiger partial charge in [-0.15, -0.1) is 0 Å². The van der Waals surface area contributed by atoms with Crippen molar-refractivity contribution in [1.82, 2.24) is 15.0 Å². The summed E-state index contributed by atoms with van der Waals surface area (Å²) in [6.45, 7) is 1.35. The van der Waals surface area contributed by atoms with Crippen molar-refractivity contribution < 1.29 is 18.0 Å². The molecule has 2 rings (SSSR count). The van der Waals surface area contributed by atoms with E-state index in [0.29, 0.717) is 5.56 Å². The third-order valence-corrected chi connectivity index (χ3v) is 2.53. The summed E-state index contributed by atoms with van der Waals surface area (Å²) in [6, 6.07) is 3.16. The number of amides is 1. The van der Waals surface area contributed by atoms with Crippen LogP contribution in [0.3, 0.4) is 0 Å². The molecule has 20 heavy (non-hydrogen) atoms. The molecule has 8 heteroatoms. The van der Waals surface area contributed by atoms with Crippen LogP contribution in [0.4, 0.5) is 13.2 Å². The van der Waals surface area contributed by atoms with Gasteiger partial charge in [-0.25, -0.2) is 9.97 Å². The fourth-order valence-corrected chi connectivity index (χ4v) is 1.73. The Hall–Kier alpha value is -2.51. The van der Waals surface area contributed by atoms with Crippen LogP contribution >= 0.6 is 0 Å². The van der Waals surface area contributed by atoms with Crippen molar-refractivity contribution in [2.75, 3.05) is 0 Å². The van der Waals surface area contributed by atoms with E-state index in [1.807, 2.05) is 0 Å². The summed E-state index contributed by atoms with van der Waals surface area (Å²) in [7, 11) is 0. The second-order valence-corrected chi connectivity index (χ2v) is 3.96. The van der Waals surface area contributed by atoms with Crippen molar-refractivity contribution in [2.45, 2.75) is 13.1 Å². The Balaban J connectivity index is 2.73. The van der Waals surface area contributed by atoms with Gasteiger partial charge >= 0.3 is 6.18 Å². The molecule has 0 aliphatic heterocycles. The highest BCUT2D eigenvalue weighted by molar-refractivity contribution is 5.98. The molecule has 104 valence electrons. The number of primary amides is 1. The lowest BCUT2D eigenvalue weighted by Crippen LogP contribution is -2.21. The number of carbonyl (C=O) groups is 1. The molecule has 0 aliphatic rings. The highest BCUT2D eigenvalue weighted by Gasteiger charge is 2.36. The fraction of sp³-hybridized carbons (Fsp3) is 0.167. The highest BCUT2D eigenvalue weighted by Crippen LogP contribution is 2.30. The van der Waals surface area contributed by atoms with E-state index in [9.17, 15) is 18.0 Å². The van der Waals surface area contributed by atoms with Crippen molar-refractivity contribution >= 4 is 5.91 Å². The third-order valence-electron chi connectivity index (χ3n) is 2.53. The number of carbonyl (C=O) groups excluding carboxylic acids is 1. The number of halogens is 3. The lowest BCUT2D eigenvalue weighted by Gasteiger charge is -2.12. The third kappa shape index (κ3) is 2.58. The van der Waals surface area contributed by atoms with Crippen LogP contribution in [0.1, 0.15) is 22.0 Å². The van der Waals surface area contributed by atoms with Gasteiger partial charge in [-0.05, 0) is 13.0 Å². The first-order valence-electron chi connectivity index (χ1n) is 5.46. The largest absolute Gasteiger partial charge is 0.451 e. The molecule has 0 unspecified atom stereocenters. The van der Waals surface area contributed by atoms with Gasteiger partial charge in [0.2, 0.25) is 5.82 Å². The second kappa shape index (κ2) is 4.87. The van der Waals surface area contributed by atoms with Gasteiger partial charge in [0.1, 0.15) is 5.69 Å². The topological polar surface area (TPSA) is 81.8 Å².